The summed E-state index contributed by atoms with van der Waals surface area (Å²) in [6.45, 7) is 0.890. The molecule has 0 fully saturated rings. The van der Waals surface area contributed by atoms with Gasteiger partial charge in [0.05, 0.1) is 11.8 Å². The van der Waals surface area contributed by atoms with Crippen LogP contribution in [-0.4, -0.2) is 30.4 Å². The van der Waals surface area contributed by atoms with Crippen molar-refractivity contribution in [2.45, 2.75) is 25.8 Å². The third kappa shape index (κ3) is 2.76. The summed E-state index contributed by atoms with van der Waals surface area (Å²) in [5.41, 5.74) is 1.23. The van der Waals surface area contributed by atoms with Crippen LogP contribution in [0, 0.1) is 0 Å². The van der Waals surface area contributed by atoms with Gasteiger partial charge in [0.25, 0.3) is 5.91 Å². The highest BCUT2D eigenvalue weighted by molar-refractivity contribution is 6.03. The number of hydrogen-bond donors (Lipinski definition) is 1. The van der Waals surface area contributed by atoms with Gasteiger partial charge in [-0.1, -0.05) is 0 Å². The Kier molecular flexibility index (Phi) is 3.74. The maximum Gasteiger partial charge on any atom is 0.259 e. The van der Waals surface area contributed by atoms with E-state index in [2.05, 4.69) is 29.8 Å². The summed E-state index contributed by atoms with van der Waals surface area (Å²) in [6, 6.07) is 3.70. The Labute approximate surface area is 138 Å². The second-order valence-electron chi connectivity index (χ2n) is 5.66. The molecule has 4 rings (SSSR count). The van der Waals surface area contributed by atoms with E-state index in [0.29, 0.717) is 11.4 Å². The number of hydrogen-bond acceptors (Lipinski definition) is 5. The molecule has 4 heterocycles. The van der Waals surface area contributed by atoms with E-state index >= 15 is 0 Å². The normalized spacial score (nSPS) is 13.3. The van der Waals surface area contributed by atoms with Crippen LogP contribution < -0.4 is 5.32 Å². The van der Waals surface area contributed by atoms with Gasteiger partial charge in [-0.15, -0.1) is 0 Å². The lowest BCUT2D eigenvalue weighted by molar-refractivity contribution is 0.102. The molecular formula is C17H16N6O. The highest BCUT2D eigenvalue weighted by atomic mass is 16.1. The number of aromatic nitrogens is 5. The Balaban J connectivity index is 1.52. The molecular weight excluding hydrogens is 304 g/mol. The molecule has 1 amide bonds. The summed E-state index contributed by atoms with van der Waals surface area (Å²) in [7, 11) is 0. The van der Waals surface area contributed by atoms with E-state index in [4.69, 9.17) is 0 Å². The summed E-state index contributed by atoms with van der Waals surface area (Å²) in [6.07, 6.45) is 11.4. The number of fused-ring (bicyclic) bond motifs is 1. The van der Waals surface area contributed by atoms with E-state index in [1.807, 2.05) is 12.1 Å². The molecule has 1 aliphatic rings. The van der Waals surface area contributed by atoms with Gasteiger partial charge in [0.1, 0.15) is 11.6 Å². The van der Waals surface area contributed by atoms with Crippen LogP contribution in [0.4, 0.5) is 5.82 Å². The fraction of sp³-hybridized carbons (Fsp3) is 0.235. The van der Waals surface area contributed by atoms with Crippen molar-refractivity contribution in [3.8, 4) is 11.4 Å². The Hall–Kier alpha value is -3.09. The third-order valence-corrected chi connectivity index (χ3v) is 4.05. The van der Waals surface area contributed by atoms with E-state index < -0.39 is 0 Å². The van der Waals surface area contributed by atoms with Gasteiger partial charge in [-0.2, -0.15) is 0 Å². The molecule has 0 atom stereocenters. The zero-order valence-corrected chi connectivity index (χ0v) is 13.0. The molecule has 0 aromatic carbocycles. The van der Waals surface area contributed by atoms with Crippen LogP contribution in [0.1, 0.15) is 29.0 Å². The summed E-state index contributed by atoms with van der Waals surface area (Å²) in [4.78, 5) is 29.3. The lowest BCUT2D eigenvalue weighted by Gasteiger charge is -2.16. The lowest BCUT2D eigenvalue weighted by atomic mass is 10.2. The minimum absolute atomic E-state index is 0.235. The molecule has 0 aliphatic carbocycles. The minimum Gasteiger partial charge on any atom is -0.315 e. The minimum atomic E-state index is -0.235. The average Bonchev–Trinajstić information content (AvgIpc) is 3.06. The van der Waals surface area contributed by atoms with E-state index in [-0.39, 0.29) is 5.91 Å². The van der Waals surface area contributed by atoms with Crippen molar-refractivity contribution in [3.63, 3.8) is 0 Å². The molecule has 7 nitrogen and oxygen atoms in total. The Morgan fingerprint density at radius 2 is 1.96 bits per heavy atom. The number of amides is 1. The van der Waals surface area contributed by atoms with Gasteiger partial charge in [0, 0.05) is 43.3 Å². The van der Waals surface area contributed by atoms with Crippen molar-refractivity contribution in [1.29, 1.82) is 0 Å². The molecule has 1 aliphatic heterocycles. The van der Waals surface area contributed by atoms with Gasteiger partial charge in [-0.25, -0.2) is 15.0 Å². The van der Waals surface area contributed by atoms with Crippen molar-refractivity contribution in [3.05, 3.63) is 54.5 Å². The van der Waals surface area contributed by atoms with E-state index in [1.54, 1.807) is 18.6 Å². The number of nitrogens with zero attached hydrogens (tertiary/aromatic N) is 5. The maximum absolute atomic E-state index is 12.4. The number of aryl methyl sites for hydroxylation is 1. The fourth-order valence-electron chi connectivity index (χ4n) is 2.79. The highest BCUT2D eigenvalue weighted by Crippen LogP contribution is 2.20. The van der Waals surface area contributed by atoms with Crippen LogP contribution in [0.2, 0.25) is 0 Å². The van der Waals surface area contributed by atoms with Gasteiger partial charge in [0.15, 0.2) is 5.82 Å². The van der Waals surface area contributed by atoms with Gasteiger partial charge in [-0.3, -0.25) is 9.78 Å². The maximum atomic E-state index is 12.4. The monoisotopic (exact) mass is 320 g/mol. The molecule has 0 saturated heterocycles. The molecule has 0 bridgehead atoms. The first kappa shape index (κ1) is 14.5. The van der Waals surface area contributed by atoms with E-state index in [0.717, 1.165) is 43.0 Å². The number of pyridine rings is 1. The Bertz CT molecular complexity index is 857. The van der Waals surface area contributed by atoms with Crippen molar-refractivity contribution >= 4 is 11.7 Å². The number of anilines is 1. The zero-order chi connectivity index (χ0) is 16.4. The third-order valence-electron chi connectivity index (χ3n) is 4.05. The van der Waals surface area contributed by atoms with E-state index in [1.165, 1.54) is 12.4 Å². The van der Waals surface area contributed by atoms with Gasteiger partial charge < -0.3 is 9.88 Å². The van der Waals surface area contributed by atoms with Gasteiger partial charge >= 0.3 is 0 Å². The zero-order valence-electron chi connectivity index (χ0n) is 13.0. The standard InChI is InChI=1S/C17H16N6O/c24-17(22-15-11-19-14-5-1-2-7-23(14)15)13-9-20-16(21-10-13)12-4-3-6-18-8-12/h3-4,6,8-11H,1-2,5,7H2,(H,22,24). The Morgan fingerprint density at radius 3 is 2.75 bits per heavy atom. The lowest BCUT2D eigenvalue weighted by Crippen LogP contribution is -2.18. The Morgan fingerprint density at radius 1 is 1.08 bits per heavy atom. The second kappa shape index (κ2) is 6.19. The van der Waals surface area contributed by atoms with Gasteiger partial charge in [-0.05, 0) is 25.0 Å². The molecule has 24 heavy (non-hydrogen) atoms. The van der Waals surface area contributed by atoms with Crippen molar-refractivity contribution in [1.82, 2.24) is 24.5 Å². The SMILES string of the molecule is O=C(Nc1cnc2n1CCCC2)c1cnc(-c2cccnc2)nc1. The quantitative estimate of drug-likeness (QED) is 0.800. The molecule has 0 radical (unpaired) electrons. The fourth-order valence-corrected chi connectivity index (χ4v) is 2.79. The molecule has 0 saturated carbocycles. The molecule has 0 unspecified atom stereocenters. The first-order valence-corrected chi connectivity index (χ1v) is 7.89. The summed E-state index contributed by atoms with van der Waals surface area (Å²) >= 11 is 0. The van der Waals surface area contributed by atoms with Crippen LogP contribution in [0.25, 0.3) is 11.4 Å². The van der Waals surface area contributed by atoms with Crippen molar-refractivity contribution < 1.29 is 4.79 Å². The summed E-state index contributed by atoms with van der Waals surface area (Å²) in [5.74, 6) is 2.06. The van der Waals surface area contributed by atoms with Crippen LogP contribution in [0.5, 0.6) is 0 Å². The molecule has 1 N–H and O–H groups in total. The van der Waals surface area contributed by atoms with Gasteiger partial charge in [0.2, 0.25) is 0 Å². The predicted octanol–water partition coefficient (Wildman–Crippen LogP) is 2.32. The summed E-state index contributed by atoms with van der Waals surface area (Å²) < 4.78 is 2.06. The molecule has 120 valence electrons. The van der Waals surface area contributed by atoms with Crippen LogP contribution in [-0.2, 0) is 13.0 Å². The molecule has 3 aromatic rings. The first-order valence-electron chi connectivity index (χ1n) is 7.89. The number of rotatable bonds is 3. The highest BCUT2D eigenvalue weighted by Gasteiger charge is 2.16. The predicted molar refractivity (Wildman–Crippen MR) is 88.4 cm³/mol. The molecule has 0 spiro atoms. The van der Waals surface area contributed by atoms with Crippen LogP contribution >= 0.6 is 0 Å². The molecule has 7 heteroatoms. The smallest absolute Gasteiger partial charge is 0.259 e. The largest absolute Gasteiger partial charge is 0.315 e. The van der Waals surface area contributed by atoms with E-state index in [9.17, 15) is 4.79 Å². The second-order valence-corrected chi connectivity index (χ2v) is 5.66. The van der Waals surface area contributed by atoms with Crippen LogP contribution in [0.3, 0.4) is 0 Å². The van der Waals surface area contributed by atoms with Crippen molar-refractivity contribution in [2.24, 2.45) is 0 Å². The number of imidazole rings is 1. The number of carbonyl (C=O) groups is 1. The molecule has 3 aromatic heterocycles. The topological polar surface area (TPSA) is 85.6 Å². The summed E-state index contributed by atoms with van der Waals surface area (Å²) in [5, 5.41) is 2.89. The number of nitrogens with one attached hydrogen (secondary N) is 1. The average molecular weight is 320 g/mol. The van der Waals surface area contributed by atoms with Crippen LogP contribution in [0.15, 0.2) is 43.1 Å². The van der Waals surface area contributed by atoms with Crippen molar-refractivity contribution in [2.75, 3.05) is 5.32 Å². The first-order chi connectivity index (χ1) is 11.8. The number of carbonyl (C=O) groups excluding carboxylic acids is 1.